The molecule has 0 bridgehead atoms. The number of aliphatic carboxylic acids is 1. The quantitative estimate of drug-likeness (QED) is 0.757. The molecule has 7 heteroatoms. The second-order valence-corrected chi connectivity index (χ2v) is 7.46. The first-order valence-electron chi connectivity index (χ1n) is 7.05. The summed E-state index contributed by atoms with van der Waals surface area (Å²) in [6.45, 7) is 3.36. The zero-order valence-electron chi connectivity index (χ0n) is 12.7. The fourth-order valence-corrected chi connectivity index (χ4v) is 3.18. The molecular formula is C15H21NO5S. The first kappa shape index (κ1) is 18.2. The maximum atomic E-state index is 11.7. The SMILES string of the molecule is CCCS(=O)(=O)CC(=O)Nc1ccc(CC(C)C(=O)O)cc1. The van der Waals surface area contributed by atoms with Crippen LogP contribution in [0.4, 0.5) is 5.69 Å². The Balaban J connectivity index is 2.61. The van der Waals surface area contributed by atoms with Crippen molar-refractivity contribution in [2.45, 2.75) is 26.7 Å². The lowest BCUT2D eigenvalue weighted by Crippen LogP contribution is -2.24. The smallest absolute Gasteiger partial charge is 0.306 e. The highest BCUT2D eigenvalue weighted by molar-refractivity contribution is 7.92. The van der Waals surface area contributed by atoms with Gasteiger partial charge in [0.15, 0.2) is 9.84 Å². The number of carboxylic acid groups (broad SMARTS) is 1. The van der Waals surface area contributed by atoms with E-state index in [0.717, 1.165) is 5.56 Å². The third-order valence-corrected chi connectivity index (χ3v) is 4.80. The van der Waals surface area contributed by atoms with Gasteiger partial charge in [-0.3, -0.25) is 9.59 Å². The summed E-state index contributed by atoms with van der Waals surface area (Å²) in [5.74, 6) is -2.45. The van der Waals surface area contributed by atoms with Crippen LogP contribution >= 0.6 is 0 Å². The maximum absolute atomic E-state index is 11.7. The highest BCUT2D eigenvalue weighted by Crippen LogP contribution is 2.13. The zero-order chi connectivity index (χ0) is 16.8. The number of rotatable bonds is 8. The van der Waals surface area contributed by atoms with Crippen molar-refractivity contribution in [2.24, 2.45) is 5.92 Å². The van der Waals surface area contributed by atoms with Crippen molar-refractivity contribution < 1.29 is 23.1 Å². The summed E-state index contributed by atoms with van der Waals surface area (Å²) < 4.78 is 23.1. The minimum atomic E-state index is -3.36. The summed E-state index contributed by atoms with van der Waals surface area (Å²) in [6.07, 6.45) is 0.876. The number of sulfone groups is 1. The summed E-state index contributed by atoms with van der Waals surface area (Å²) in [7, 11) is -3.36. The molecule has 0 aliphatic rings. The van der Waals surface area contributed by atoms with Crippen LogP contribution in [-0.2, 0) is 25.8 Å². The van der Waals surface area contributed by atoms with E-state index in [-0.39, 0.29) is 5.75 Å². The van der Waals surface area contributed by atoms with E-state index < -0.39 is 33.4 Å². The topological polar surface area (TPSA) is 101 Å². The van der Waals surface area contributed by atoms with Crippen molar-refractivity contribution in [1.82, 2.24) is 0 Å². The normalized spacial score (nSPS) is 12.6. The van der Waals surface area contributed by atoms with E-state index in [2.05, 4.69) is 5.32 Å². The highest BCUT2D eigenvalue weighted by Gasteiger charge is 2.16. The Hall–Kier alpha value is -1.89. The van der Waals surface area contributed by atoms with Crippen LogP contribution in [0.15, 0.2) is 24.3 Å². The summed E-state index contributed by atoms with van der Waals surface area (Å²) in [5.41, 5.74) is 1.33. The predicted molar refractivity (Wildman–Crippen MR) is 84.5 cm³/mol. The molecule has 1 aromatic carbocycles. The van der Waals surface area contributed by atoms with E-state index in [1.54, 1.807) is 38.1 Å². The summed E-state index contributed by atoms with van der Waals surface area (Å²) in [5, 5.41) is 11.4. The number of amides is 1. The van der Waals surface area contributed by atoms with Gasteiger partial charge in [-0.2, -0.15) is 0 Å². The lowest BCUT2D eigenvalue weighted by atomic mass is 10.0. The Labute approximate surface area is 130 Å². The average Bonchev–Trinajstić information content (AvgIpc) is 2.39. The van der Waals surface area contributed by atoms with Gasteiger partial charge in [-0.1, -0.05) is 26.0 Å². The molecule has 0 saturated carbocycles. The third kappa shape index (κ3) is 6.26. The second kappa shape index (κ2) is 7.93. The van der Waals surface area contributed by atoms with Crippen LogP contribution in [-0.4, -0.2) is 36.9 Å². The van der Waals surface area contributed by atoms with Crippen LogP contribution < -0.4 is 5.32 Å². The fraction of sp³-hybridized carbons (Fsp3) is 0.467. The number of carbonyl (C=O) groups is 2. The molecule has 1 rings (SSSR count). The van der Waals surface area contributed by atoms with Crippen LogP contribution in [0.5, 0.6) is 0 Å². The molecule has 0 heterocycles. The number of hydrogen-bond donors (Lipinski definition) is 2. The molecule has 1 atom stereocenters. The number of carbonyl (C=O) groups excluding carboxylic acids is 1. The molecule has 1 amide bonds. The van der Waals surface area contributed by atoms with Crippen LogP contribution in [0.1, 0.15) is 25.8 Å². The number of anilines is 1. The first-order valence-corrected chi connectivity index (χ1v) is 8.87. The van der Waals surface area contributed by atoms with E-state index >= 15 is 0 Å². The van der Waals surface area contributed by atoms with Gasteiger partial charge in [-0.25, -0.2) is 8.42 Å². The molecule has 22 heavy (non-hydrogen) atoms. The molecular weight excluding hydrogens is 306 g/mol. The highest BCUT2D eigenvalue weighted by atomic mass is 32.2. The third-order valence-electron chi connectivity index (χ3n) is 3.07. The molecule has 6 nitrogen and oxygen atoms in total. The number of carboxylic acids is 1. The van der Waals surface area contributed by atoms with Gasteiger partial charge in [-0.05, 0) is 30.5 Å². The molecule has 0 saturated heterocycles. The molecule has 0 aliphatic carbocycles. The van der Waals surface area contributed by atoms with Crippen molar-refractivity contribution in [3.05, 3.63) is 29.8 Å². The Morgan fingerprint density at radius 1 is 1.23 bits per heavy atom. The Kier molecular flexibility index (Phi) is 6.55. The Morgan fingerprint density at radius 2 is 1.82 bits per heavy atom. The Bertz CT molecular complexity index is 622. The van der Waals surface area contributed by atoms with E-state index in [9.17, 15) is 18.0 Å². The average molecular weight is 327 g/mol. The van der Waals surface area contributed by atoms with Crippen molar-refractivity contribution >= 4 is 27.4 Å². The predicted octanol–water partition coefficient (Wildman–Crippen LogP) is 1.71. The van der Waals surface area contributed by atoms with Gasteiger partial charge in [0.1, 0.15) is 5.75 Å². The summed E-state index contributed by atoms with van der Waals surface area (Å²) >= 11 is 0. The van der Waals surface area contributed by atoms with Crippen LogP contribution in [0.3, 0.4) is 0 Å². The number of hydrogen-bond acceptors (Lipinski definition) is 4. The van der Waals surface area contributed by atoms with Crippen molar-refractivity contribution in [1.29, 1.82) is 0 Å². The molecule has 0 aromatic heterocycles. The first-order chi connectivity index (χ1) is 10.2. The molecule has 0 aliphatic heterocycles. The van der Waals surface area contributed by atoms with Crippen LogP contribution in [0.2, 0.25) is 0 Å². The van der Waals surface area contributed by atoms with Crippen molar-refractivity contribution in [2.75, 3.05) is 16.8 Å². The molecule has 122 valence electrons. The lowest BCUT2D eigenvalue weighted by molar-refractivity contribution is -0.141. The van der Waals surface area contributed by atoms with Gasteiger partial charge in [-0.15, -0.1) is 0 Å². The molecule has 0 radical (unpaired) electrons. The van der Waals surface area contributed by atoms with E-state index in [1.165, 1.54) is 0 Å². The number of nitrogens with one attached hydrogen (secondary N) is 1. The van der Waals surface area contributed by atoms with Gasteiger partial charge in [0, 0.05) is 5.69 Å². The molecule has 0 fully saturated rings. The molecule has 1 aromatic rings. The summed E-state index contributed by atoms with van der Waals surface area (Å²) in [4.78, 5) is 22.5. The molecule has 1 unspecified atom stereocenters. The van der Waals surface area contributed by atoms with E-state index in [0.29, 0.717) is 18.5 Å². The minimum absolute atomic E-state index is 0.00751. The molecule has 2 N–H and O–H groups in total. The van der Waals surface area contributed by atoms with Crippen LogP contribution in [0.25, 0.3) is 0 Å². The zero-order valence-corrected chi connectivity index (χ0v) is 13.5. The van der Waals surface area contributed by atoms with E-state index in [4.69, 9.17) is 5.11 Å². The van der Waals surface area contributed by atoms with Gasteiger partial charge >= 0.3 is 5.97 Å². The largest absolute Gasteiger partial charge is 0.481 e. The fourth-order valence-electron chi connectivity index (χ4n) is 1.95. The van der Waals surface area contributed by atoms with Crippen LogP contribution in [0, 0.1) is 5.92 Å². The standard InChI is InChI=1S/C15H21NO5S/c1-3-8-22(20,21)10-14(17)16-13-6-4-12(5-7-13)9-11(2)15(18)19/h4-7,11H,3,8-10H2,1-2H3,(H,16,17)(H,18,19). The van der Waals surface area contributed by atoms with Crippen molar-refractivity contribution in [3.8, 4) is 0 Å². The van der Waals surface area contributed by atoms with Gasteiger partial charge in [0.05, 0.1) is 11.7 Å². The Morgan fingerprint density at radius 3 is 2.32 bits per heavy atom. The second-order valence-electron chi connectivity index (χ2n) is 5.28. The summed E-state index contributed by atoms with van der Waals surface area (Å²) in [6, 6.07) is 6.70. The van der Waals surface area contributed by atoms with Gasteiger partial charge < -0.3 is 10.4 Å². The van der Waals surface area contributed by atoms with Gasteiger partial charge in [0.2, 0.25) is 5.91 Å². The molecule has 0 spiro atoms. The van der Waals surface area contributed by atoms with Gasteiger partial charge in [0.25, 0.3) is 0 Å². The lowest BCUT2D eigenvalue weighted by Gasteiger charge is -2.09. The monoisotopic (exact) mass is 327 g/mol. The number of benzene rings is 1. The maximum Gasteiger partial charge on any atom is 0.306 e. The van der Waals surface area contributed by atoms with Crippen molar-refractivity contribution in [3.63, 3.8) is 0 Å². The van der Waals surface area contributed by atoms with E-state index in [1.807, 2.05) is 0 Å². The minimum Gasteiger partial charge on any atom is -0.481 e.